The van der Waals surface area contributed by atoms with Gasteiger partial charge in [-0.05, 0) is 18.1 Å². The van der Waals surface area contributed by atoms with Crippen LogP contribution in [0.15, 0.2) is 33.7 Å². The second-order valence-corrected chi connectivity index (χ2v) is 5.17. The number of halogens is 3. The summed E-state index contributed by atoms with van der Waals surface area (Å²) in [7, 11) is 0. The lowest BCUT2D eigenvalue weighted by atomic mass is 10.1. The number of amides is 1. The van der Waals surface area contributed by atoms with Crippen LogP contribution < -0.4 is 10.9 Å². The van der Waals surface area contributed by atoms with Crippen LogP contribution in [0.25, 0.3) is 0 Å². The van der Waals surface area contributed by atoms with E-state index in [0.29, 0.717) is 16.3 Å². The van der Waals surface area contributed by atoms with Crippen molar-refractivity contribution in [3.63, 3.8) is 0 Å². The van der Waals surface area contributed by atoms with Gasteiger partial charge >= 0.3 is 6.18 Å². The molecular weight excluding hydrogens is 315 g/mol. The van der Waals surface area contributed by atoms with Gasteiger partial charge in [-0.15, -0.1) is 0 Å². The van der Waals surface area contributed by atoms with E-state index in [4.69, 9.17) is 4.52 Å². The Morgan fingerprint density at radius 2 is 2.13 bits per heavy atom. The predicted molar refractivity (Wildman–Crippen MR) is 74.9 cm³/mol. The molecule has 0 aliphatic rings. The number of anilines is 1. The number of pyridine rings is 1. The number of carbonyl (C=O) groups is 1. The maximum atomic E-state index is 12.7. The van der Waals surface area contributed by atoms with Gasteiger partial charge in [0.25, 0.3) is 5.56 Å². The predicted octanol–water partition coefficient (Wildman–Crippen LogP) is 2.62. The molecule has 0 radical (unpaired) electrons. The Kier molecular flexibility index (Phi) is 4.57. The monoisotopic (exact) mass is 329 g/mol. The van der Waals surface area contributed by atoms with Gasteiger partial charge in [-0.1, -0.05) is 19.0 Å². The molecule has 1 amide bonds. The Labute approximate surface area is 128 Å². The Morgan fingerprint density at radius 1 is 1.43 bits per heavy atom. The Hall–Kier alpha value is -2.58. The van der Waals surface area contributed by atoms with E-state index in [1.165, 1.54) is 6.07 Å². The van der Waals surface area contributed by atoms with Crippen molar-refractivity contribution in [2.45, 2.75) is 32.5 Å². The average molecular weight is 329 g/mol. The summed E-state index contributed by atoms with van der Waals surface area (Å²) in [6, 6.07) is 3.24. The van der Waals surface area contributed by atoms with Crippen LogP contribution in [0.3, 0.4) is 0 Å². The molecule has 6 nitrogen and oxygen atoms in total. The second kappa shape index (κ2) is 6.27. The van der Waals surface area contributed by atoms with E-state index < -0.39 is 29.8 Å². The van der Waals surface area contributed by atoms with Gasteiger partial charge in [-0.2, -0.15) is 13.2 Å². The topological polar surface area (TPSA) is 77.1 Å². The molecule has 9 heteroatoms. The standard InChI is InChI=1S/C14H14F3N3O3/c1-8(2)10-6-12(23-19-10)18-11(21)7-20-5-3-4-9(13(20)22)14(15,16)17/h3-6,8H,7H2,1-2H3,(H,18,21). The van der Waals surface area contributed by atoms with Crippen molar-refractivity contribution in [2.75, 3.05) is 5.32 Å². The minimum atomic E-state index is -4.77. The molecule has 2 aromatic rings. The highest BCUT2D eigenvalue weighted by atomic mass is 19.4. The first-order chi connectivity index (χ1) is 10.7. The second-order valence-electron chi connectivity index (χ2n) is 5.17. The molecule has 0 aromatic carbocycles. The van der Waals surface area contributed by atoms with Gasteiger partial charge in [0.2, 0.25) is 11.8 Å². The Balaban J connectivity index is 2.13. The minimum Gasteiger partial charge on any atom is -0.338 e. The van der Waals surface area contributed by atoms with Gasteiger partial charge in [0, 0.05) is 12.3 Å². The number of alkyl halides is 3. The first-order valence-electron chi connectivity index (χ1n) is 6.71. The normalized spacial score (nSPS) is 11.7. The van der Waals surface area contributed by atoms with Crippen LogP contribution in [0.1, 0.15) is 31.0 Å². The van der Waals surface area contributed by atoms with Crippen molar-refractivity contribution in [3.05, 3.63) is 46.0 Å². The summed E-state index contributed by atoms with van der Waals surface area (Å²) in [5, 5.41) is 6.07. The van der Waals surface area contributed by atoms with Crippen molar-refractivity contribution in [3.8, 4) is 0 Å². The minimum absolute atomic E-state index is 0.0683. The van der Waals surface area contributed by atoms with Gasteiger partial charge in [-0.25, -0.2) is 0 Å². The molecule has 0 saturated heterocycles. The molecule has 0 aliphatic heterocycles. The maximum absolute atomic E-state index is 12.7. The van der Waals surface area contributed by atoms with E-state index in [1.807, 2.05) is 13.8 Å². The zero-order valence-corrected chi connectivity index (χ0v) is 12.3. The largest absolute Gasteiger partial charge is 0.421 e. The number of hydrogen-bond acceptors (Lipinski definition) is 4. The molecule has 2 heterocycles. The van der Waals surface area contributed by atoms with Crippen LogP contribution >= 0.6 is 0 Å². The van der Waals surface area contributed by atoms with Crippen LogP contribution in [0.4, 0.5) is 19.1 Å². The van der Waals surface area contributed by atoms with Crippen LogP contribution in [-0.4, -0.2) is 15.6 Å². The van der Waals surface area contributed by atoms with E-state index in [2.05, 4.69) is 10.5 Å². The number of aromatic nitrogens is 2. The number of nitrogens with one attached hydrogen (secondary N) is 1. The molecule has 23 heavy (non-hydrogen) atoms. The molecule has 2 aromatic heterocycles. The van der Waals surface area contributed by atoms with E-state index in [9.17, 15) is 22.8 Å². The van der Waals surface area contributed by atoms with Crippen molar-refractivity contribution >= 4 is 11.8 Å². The molecule has 2 rings (SSSR count). The molecule has 0 bridgehead atoms. The summed E-state index contributed by atoms with van der Waals surface area (Å²) in [6.45, 7) is 3.19. The Bertz CT molecular complexity index is 762. The van der Waals surface area contributed by atoms with Crippen molar-refractivity contribution in [2.24, 2.45) is 0 Å². The highest BCUT2D eigenvalue weighted by Crippen LogP contribution is 2.26. The van der Waals surface area contributed by atoms with Crippen LogP contribution in [0.2, 0.25) is 0 Å². The zero-order valence-electron chi connectivity index (χ0n) is 12.3. The molecule has 0 atom stereocenters. The Morgan fingerprint density at radius 3 is 2.70 bits per heavy atom. The third-order valence-electron chi connectivity index (χ3n) is 3.02. The first-order valence-corrected chi connectivity index (χ1v) is 6.71. The van der Waals surface area contributed by atoms with E-state index in [1.54, 1.807) is 0 Å². The van der Waals surface area contributed by atoms with Crippen LogP contribution in [-0.2, 0) is 17.5 Å². The summed E-state index contributed by atoms with van der Waals surface area (Å²) in [5.41, 5.74) is -1.98. The van der Waals surface area contributed by atoms with Crippen LogP contribution in [0.5, 0.6) is 0 Å². The fourth-order valence-electron chi connectivity index (χ4n) is 1.83. The van der Waals surface area contributed by atoms with Gasteiger partial charge in [0.1, 0.15) is 12.1 Å². The number of nitrogens with zero attached hydrogens (tertiary/aromatic N) is 2. The highest BCUT2D eigenvalue weighted by molar-refractivity contribution is 5.89. The van der Waals surface area contributed by atoms with Crippen molar-refractivity contribution < 1.29 is 22.5 Å². The molecule has 0 aliphatic carbocycles. The maximum Gasteiger partial charge on any atom is 0.421 e. The summed E-state index contributed by atoms with van der Waals surface area (Å²) < 4.78 is 43.5. The lowest BCUT2D eigenvalue weighted by molar-refractivity contribution is -0.139. The fraction of sp³-hybridized carbons (Fsp3) is 0.357. The summed E-state index contributed by atoms with van der Waals surface area (Å²) >= 11 is 0. The quantitative estimate of drug-likeness (QED) is 0.935. The molecule has 0 saturated carbocycles. The average Bonchev–Trinajstić information content (AvgIpc) is 2.88. The summed E-state index contributed by atoms with van der Waals surface area (Å²) in [4.78, 5) is 23.6. The van der Waals surface area contributed by atoms with Gasteiger partial charge < -0.3 is 9.09 Å². The first kappa shape index (κ1) is 16.8. The van der Waals surface area contributed by atoms with Crippen molar-refractivity contribution in [1.82, 2.24) is 9.72 Å². The summed E-state index contributed by atoms with van der Waals surface area (Å²) in [5.74, 6) is -0.535. The van der Waals surface area contributed by atoms with Gasteiger partial charge in [0.15, 0.2) is 0 Å². The number of carbonyl (C=O) groups excluding carboxylic acids is 1. The fourth-order valence-corrected chi connectivity index (χ4v) is 1.83. The molecule has 0 unspecified atom stereocenters. The van der Waals surface area contributed by atoms with E-state index in [-0.39, 0.29) is 11.8 Å². The third-order valence-corrected chi connectivity index (χ3v) is 3.02. The number of hydrogen-bond donors (Lipinski definition) is 1. The van der Waals surface area contributed by atoms with Gasteiger partial charge in [0.05, 0.1) is 5.69 Å². The zero-order chi connectivity index (χ0) is 17.2. The lowest BCUT2D eigenvalue weighted by Gasteiger charge is -2.09. The SMILES string of the molecule is CC(C)c1cc(NC(=O)Cn2cccc(C(F)(F)F)c2=O)on1. The third kappa shape index (κ3) is 3.99. The molecule has 1 N–H and O–H groups in total. The molecular formula is C14H14F3N3O3. The molecule has 124 valence electrons. The molecule has 0 fully saturated rings. The number of rotatable bonds is 4. The summed E-state index contributed by atoms with van der Waals surface area (Å²) in [6.07, 6.45) is -3.66. The van der Waals surface area contributed by atoms with Crippen molar-refractivity contribution in [1.29, 1.82) is 0 Å². The van der Waals surface area contributed by atoms with Crippen LogP contribution in [0, 0.1) is 0 Å². The van der Waals surface area contributed by atoms with E-state index >= 15 is 0 Å². The highest BCUT2D eigenvalue weighted by Gasteiger charge is 2.34. The van der Waals surface area contributed by atoms with E-state index in [0.717, 1.165) is 12.3 Å². The molecule has 0 spiro atoms. The lowest BCUT2D eigenvalue weighted by Crippen LogP contribution is -2.31. The smallest absolute Gasteiger partial charge is 0.338 e. The van der Waals surface area contributed by atoms with Gasteiger partial charge in [-0.3, -0.25) is 14.9 Å².